The molecule has 0 aromatic carbocycles. The van der Waals surface area contributed by atoms with Crippen molar-refractivity contribution in [3.05, 3.63) is 0 Å². The van der Waals surface area contributed by atoms with Gasteiger partial charge in [0.05, 0.1) is 5.92 Å². The van der Waals surface area contributed by atoms with Crippen molar-refractivity contribution in [2.75, 3.05) is 0 Å². The highest BCUT2D eigenvalue weighted by molar-refractivity contribution is 5.84. The third-order valence-electron chi connectivity index (χ3n) is 4.98. The fraction of sp³-hybridized carbons (Fsp3) is 0.826. The molecule has 6 nitrogen and oxygen atoms in total. The van der Waals surface area contributed by atoms with Crippen LogP contribution in [0.25, 0.3) is 0 Å². The number of unbranched alkanes of at least 4 members (excludes halogenated alkanes) is 11. The standard InChI is InChI=1S/C22H40O4.CO2/c1-3-4-5-6-7-8-9-10-11-12-13-14-15-21(24)18-20(22(25)26)17-16-19(2)23;2-1-3/h20H,3-18H2,1-2H3,(H,25,26);/t20-;/m1./s1. The molecule has 1 N–H and O–H groups in total. The Morgan fingerprint density at radius 3 is 1.55 bits per heavy atom. The van der Waals surface area contributed by atoms with Gasteiger partial charge in [-0.05, 0) is 19.8 Å². The van der Waals surface area contributed by atoms with Gasteiger partial charge in [-0.3, -0.25) is 9.59 Å². The zero-order chi connectivity index (χ0) is 22.3. The van der Waals surface area contributed by atoms with Gasteiger partial charge in [0, 0.05) is 19.3 Å². The molecule has 0 heterocycles. The molecule has 0 aliphatic rings. The van der Waals surface area contributed by atoms with Gasteiger partial charge in [-0.1, -0.05) is 77.6 Å². The number of carboxylic acid groups (broad SMARTS) is 1. The van der Waals surface area contributed by atoms with Crippen LogP contribution in [0, 0.1) is 5.92 Å². The SMILES string of the molecule is CCCCCCCCCCCCCCC(=O)C[C@@H](CCC(C)=O)C(=O)O.O=C=O. The van der Waals surface area contributed by atoms with E-state index in [4.69, 9.17) is 14.7 Å². The number of Topliss-reactive ketones (excluding diaryl/α,β-unsaturated/α-hetero) is 2. The molecule has 0 amide bonds. The fourth-order valence-corrected chi connectivity index (χ4v) is 3.23. The Hall–Kier alpha value is -1.81. The van der Waals surface area contributed by atoms with Crippen molar-refractivity contribution in [3.8, 4) is 0 Å². The molecule has 0 radical (unpaired) electrons. The van der Waals surface area contributed by atoms with Crippen LogP contribution in [0.2, 0.25) is 0 Å². The first-order valence-electron chi connectivity index (χ1n) is 11.1. The van der Waals surface area contributed by atoms with Gasteiger partial charge in [0.2, 0.25) is 0 Å². The lowest BCUT2D eigenvalue weighted by Gasteiger charge is -2.10. The van der Waals surface area contributed by atoms with Crippen LogP contribution in [0.3, 0.4) is 0 Å². The second-order valence-corrected chi connectivity index (χ2v) is 7.74. The molecule has 0 bridgehead atoms. The van der Waals surface area contributed by atoms with Crippen LogP contribution < -0.4 is 0 Å². The highest BCUT2D eigenvalue weighted by Gasteiger charge is 2.21. The quantitative estimate of drug-likeness (QED) is 0.280. The minimum Gasteiger partial charge on any atom is -0.481 e. The van der Waals surface area contributed by atoms with E-state index in [-0.39, 0.29) is 37.0 Å². The third kappa shape index (κ3) is 24.2. The fourth-order valence-electron chi connectivity index (χ4n) is 3.23. The molecule has 6 heteroatoms. The average molecular weight is 413 g/mol. The lowest BCUT2D eigenvalue weighted by Crippen LogP contribution is -2.18. The molecule has 0 unspecified atom stereocenters. The van der Waals surface area contributed by atoms with Crippen LogP contribution in [0.4, 0.5) is 0 Å². The number of rotatable bonds is 19. The van der Waals surface area contributed by atoms with Gasteiger partial charge in [0.25, 0.3) is 0 Å². The molecule has 0 aromatic heterocycles. The monoisotopic (exact) mass is 412 g/mol. The van der Waals surface area contributed by atoms with E-state index in [2.05, 4.69) is 6.92 Å². The molecular weight excluding hydrogens is 372 g/mol. The van der Waals surface area contributed by atoms with E-state index in [9.17, 15) is 14.4 Å². The Morgan fingerprint density at radius 2 is 1.17 bits per heavy atom. The first-order valence-corrected chi connectivity index (χ1v) is 11.1. The number of carbonyl (C=O) groups excluding carboxylic acids is 4. The van der Waals surface area contributed by atoms with E-state index in [1.807, 2.05) is 0 Å². The van der Waals surface area contributed by atoms with Gasteiger partial charge in [0.1, 0.15) is 11.6 Å². The van der Waals surface area contributed by atoms with Gasteiger partial charge in [-0.25, -0.2) is 0 Å². The molecule has 0 rings (SSSR count). The van der Waals surface area contributed by atoms with Gasteiger partial charge < -0.3 is 9.90 Å². The Morgan fingerprint density at radius 1 is 0.759 bits per heavy atom. The van der Waals surface area contributed by atoms with Gasteiger partial charge >= 0.3 is 12.1 Å². The first kappa shape index (κ1) is 29.4. The maximum Gasteiger partial charge on any atom is 0.373 e. The predicted molar refractivity (Wildman–Crippen MR) is 111 cm³/mol. The van der Waals surface area contributed by atoms with Crippen molar-refractivity contribution in [1.29, 1.82) is 0 Å². The maximum atomic E-state index is 11.9. The van der Waals surface area contributed by atoms with Crippen molar-refractivity contribution in [2.45, 2.75) is 117 Å². The van der Waals surface area contributed by atoms with Crippen molar-refractivity contribution >= 4 is 23.7 Å². The number of carbonyl (C=O) groups is 3. The molecule has 29 heavy (non-hydrogen) atoms. The van der Waals surface area contributed by atoms with Crippen LogP contribution in [0.5, 0.6) is 0 Å². The zero-order valence-electron chi connectivity index (χ0n) is 18.4. The van der Waals surface area contributed by atoms with E-state index in [1.165, 1.54) is 64.7 Å². The summed E-state index contributed by atoms with van der Waals surface area (Å²) in [6.45, 7) is 3.69. The minimum atomic E-state index is -0.964. The normalized spacial score (nSPS) is 11.1. The molecule has 0 spiro atoms. The Labute approximate surface area is 175 Å². The van der Waals surface area contributed by atoms with Crippen molar-refractivity contribution < 1.29 is 29.1 Å². The molecule has 0 saturated heterocycles. The number of hydrogen-bond donors (Lipinski definition) is 1. The molecular formula is C23H40O6. The second-order valence-electron chi connectivity index (χ2n) is 7.74. The summed E-state index contributed by atoms with van der Waals surface area (Å²) in [6, 6.07) is 0. The molecule has 1 atom stereocenters. The van der Waals surface area contributed by atoms with E-state index >= 15 is 0 Å². The van der Waals surface area contributed by atoms with E-state index in [0.717, 1.165) is 19.3 Å². The van der Waals surface area contributed by atoms with Crippen molar-refractivity contribution in [1.82, 2.24) is 0 Å². The molecule has 0 aliphatic heterocycles. The highest BCUT2D eigenvalue weighted by atomic mass is 16.4. The molecule has 0 saturated carbocycles. The van der Waals surface area contributed by atoms with Gasteiger partial charge in [0.15, 0.2) is 0 Å². The molecule has 0 aromatic rings. The topological polar surface area (TPSA) is 106 Å². The van der Waals surface area contributed by atoms with Crippen LogP contribution in [-0.2, 0) is 24.0 Å². The minimum absolute atomic E-state index is 0.0213. The van der Waals surface area contributed by atoms with E-state index < -0.39 is 11.9 Å². The third-order valence-corrected chi connectivity index (χ3v) is 4.98. The lowest BCUT2D eigenvalue weighted by atomic mass is 9.94. The summed E-state index contributed by atoms with van der Waals surface area (Å²) in [5.41, 5.74) is 0. The maximum absolute atomic E-state index is 11.9. The smallest absolute Gasteiger partial charge is 0.373 e. The lowest BCUT2D eigenvalue weighted by molar-refractivity contribution is -0.191. The Kier molecular flexibility index (Phi) is 22.8. The summed E-state index contributed by atoms with van der Waals surface area (Å²) in [7, 11) is 0. The van der Waals surface area contributed by atoms with Crippen LogP contribution in [0.15, 0.2) is 0 Å². The molecule has 0 fully saturated rings. The van der Waals surface area contributed by atoms with E-state index in [0.29, 0.717) is 6.42 Å². The average Bonchev–Trinajstić information content (AvgIpc) is 2.66. The second kappa shape index (κ2) is 22.5. The molecule has 168 valence electrons. The van der Waals surface area contributed by atoms with Crippen molar-refractivity contribution in [3.63, 3.8) is 0 Å². The van der Waals surface area contributed by atoms with Gasteiger partial charge in [-0.2, -0.15) is 9.59 Å². The largest absolute Gasteiger partial charge is 0.481 e. The number of hydrogen-bond acceptors (Lipinski definition) is 5. The highest BCUT2D eigenvalue weighted by Crippen LogP contribution is 2.16. The van der Waals surface area contributed by atoms with Crippen LogP contribution in [-0.4, -0.2) is 28.8 Å². The number of ketones is 2. The number of carboxylic acids is 1. The summed E-state index contributed by atoms with van der Waals surface area (Å²) in [4.78, 5) is 50.3. The van der Waals surface area contributed by atoms with Crippen LogP contribution >= 0.6 is 0 Å². The first-order chi connectivity index (χ1) is 13.9. The predicted octanol–water partition coefficient (Wildman–Crippen LogP) is 5.52. The Balaban J connectivity index is 0. The van der Waals surface area contributed by atoms with Gasteiger partial charge in [-0.15, -0.1) is 0 Å². The summed E-state index contributed by atoms with van der Waals surface area (Å²) in [5.74, 6) is -1.67. The summed E-state index contributed by atoms with van der Waals surface area (Å²) in [6.07, 6.45) is 16.3. The zero-order valence-corrected chi connectivity index (χ0v) is 18.4. The van der Waals surface area contributed by atoms with Crippen LogP contribution in [0.1, 0.15) is 117 Å². The van der Waals surface area contributed by atoms with Crippen molar-refractivity contribution in [2.24, 2.45) is 5.92 Å². The summed E-state index contributed by atoms with van der Waals surface area (Å²) >= 11 is 0. The summed E-state index contributed by atoms with van der Waals surface area (Å²) < 4.78 is 0. The summed E-state index contributed by atoms with van der Waals surface area (Å²) in [5, 5.41) is 9.14. The van der Waals surface area contributed by atoms with E-state index in [1.54, 1.807) is 0 Å². The molecule has 0 aliphatic carbocycles. The number of aliphatic carboxylic acids is 1. The Bertz CT molecular complexity index is 466.